The number of anilines is 1. The lowest BCUT2D eigenvalue weighted by Crippen LogP contribution is -2.44. The topological polar surface area (TPSA) is 77.5 Å². The third-order valence-electron chi connectivity index (χ3n) is 3.87. The van der Waals surface area contributed by atoms with Gasteiger partial charge < -0.3 is 4.52 Å². The van der Waals surface area contributed by atoms with Crippen molar-refractivity contribution in [1.29, 1.82) is 0 Å². The molecular weight excluding hydrogens is 412 g/mol. The summed E-state index contributed by atoms with van der Waals surface area (Å²) in [5.41, 5.74) is -0.686. The lowest BCUT2D eigenvalue weighted by Gasteiger charge is -2.25. The van der Waals surface area contributed by atoms with Gasteiger partial charge in [0.2, 0.25) is 0 Å². The van der Waals surface area contributed by atoms with Crippen molar-refractivity contribution < 1.29 is 13.7 Å². The molecule has 0 aliphatic carbocycles. The van der Waals surface area contributed by atoms with Gasteiger partial charge in [-0.2, -0.15) is 4.57 Å². The summed E-state index contributed by atoms with van der Waals surface area (Å²) in [7, 11) is 0. The summed E-state index contributed by atoms with van der Waals surface area (Å²) >= 11 is 11.9. The van der Waals surface area contributed by atoms with Crippen LogP contribution in [0.15, 0.2) is 56.6 Å². The van der Waals surface area contributed by atoms with Crippen molar-refractivity contribution in [1.82, 2.24) is 9.31 Å². The highest BCUT2D eigenvalue weighted by Gasteiger charge is 2.27. The quantitative estimate of drug-likeness (QED) is 0.636. The molecule has 0 aliphatic rings. The number of aromatic nitrogens is 2. The zero-order valence-electron chi connectivity index (χ0n) is 14.7. The van der Waals surface area contributed by atoms with E-state index in [1.165, 1.54) is 47.4 Å². The molecule has 1 amide bonds. The van der Waals surface area contributed by atoms with E-state index in [9.17, 15) is 18.8 Å². The first kappa shape index (κ1) is 19.9. The Kier molecular flexibility index (Phi) is 5.44. The maximum Gasteiger partial charge on any atom is 0.447 e. The summed E-state index contributed by atoms with van der Waals surface area (Å²) in [6.45, 7) is 3.38. The van der Waals surface area contributed by atoms with Crippen molar-refractivity contribution >= 4 is 34.9 Å². The first-order valence-electron chi connectivity index (χ1n) is 8.10. The van der Waals surface area contributed by atoms with Gasteiger partial charge in [-0.3, -0.25) is 4.90 Å². The number of halogens is 3. The Labute approximate surface area is 168 Å². The molecule has 2 aromatic carbocycles. The number of rotatable bonds is 3. The molecule has 0 saturated heterocycles. The van der Waals surface area contributed by atoms with Gasteiger partial charge >= 0.3 is 17.5 Å². The maximum atomic E-state index is 13.2. The van der Waals surface area contributed by atoms with Crippen molar-refractivity contribution in [2.75, 3.05) is 4.90 Å². The third-order valence-corrected chi connectivity index (χ3v) is 4.41. The molecule has 1 aromatic heterocycles. The Hall–Kier alpha value is -2.84. The molecule has 7 nitrogen and oxygen atoms in total. The molecule has 146 valence electrons. The summed E-state index contributed by atoms with van der Waals surface area (Å²) < 4.78 is 19.0. The summed E-state index contributed by atoms with van der Waals surface area (Å²) in [5.74, 6) is -1.57. The van der Waals surface area contributed by atoms with Crippen LogP contribution in [0.3, 0.4) is 0 Å². The van der Waals surface area contributed by atoms with Gasteiger partial charge in [-0.05, 0) is 56.3 Å². The molecule has 0 fully saturated rings. The Morgan fingerprint density at radius 1 is 1.11 bits per heavy atom. The van der Waals surface area contributed by atoms with Crippen LogP contribution >= 0.6 is 23.2 Å². The predicted octanol–water partition coefficient (Wildman–Crippen LogP) is 3.92. The van der Waals surface area contributed by atoms with Crippen LogP contribution in [0.1, 0.15) is 13.8 Å². The highest BCUT2D eigenvalue weighted by Crippen LogP contribution is 2.23. The van der Waals surface area contributed by atoms with E-state index < -0.39 is 29.3 Å². The molecule has 3 aromatic rings. The average molecular weight is 426 g/mol. The summed E-state index contributed by atoms with van der Waals surface area (Å²) in [6, 6.07) is 7.93. The lowest BCUT2D eigenvalue weighted by molar-refractivity contribution is 0.208. The molecule has 10 heteroatoms. The van der Waals surface area contributed by atoms with Crippen LogP contribution in [0.4, 0.5) is 14.9 Å². The van der Waals surface area contributed by atoms with Crippen molar-refractivity contribution in [3.05, 3.63) is 79.4 Å². The van der Waals surface area contributed by atoms with Gasteiger partial charge in [-0.25, -0.2) is 18.8 Å². The molecule has 28 heavy (non-hydrogen) atoms. The van der Waals surface area contributed by atoms with E-state index in [0.29, 0.717) is 20.0 Å². The normalized spacial score (nSPS) is 11.1. The number of carbonyl (C=O) groups excluding carboxylic acids is 1. The molecule has 0 N–H and O–H groups in total. The second-order valence-electron chi connectivity index (χ2n) is 6.09. The maximum absolute atomic E-state index is 13.2. The molecule has 0 radical (unpaired) electrons. The second-order valence-corrected chi connectivity index (χ2v) is 6.93. The largest absolute Gasteiger partial charge is 0.447 e. The summed E-state index contributed by atoms with van der Waals surface area (Å²) in [5, 5.41) is 0.343. The molecule has 0 bridgehead atoms. The smallest absolute Gasteiger partial charge is 0.307 e. The van der Waals surface area contributed by atoms with Gasteiger partial charge in [0.15, 0.2) is 0 Å². The van der Waals surface area contributed by atoms with Gasteiger partial charge in [0.25, 0.3) is 0 Å². The van der Waals surface area contributed by atoms with E-state index >= 15 is 0 Å². The number of benzene rings is 2. The lowest BCUT2D eigenvalue weighted by atomic mass is 10.2. The monoisotopic (exact) mass is 425 g/mol. The Balaban J connectivity index is 2.11. The van der Waals surface area contributed by atoms with E-state index in [-0.39, 0.29) is 10.7 Å². The van der Waals surface area contributed by atoms with E-state index in [1.807, 2.05) is 0 Å². The fourth-order valence-corrected chi connectivity index (χ4v) is 3.13. The zero-order valence-corrected chi connectivity index (χ0v) is 16.2. The average Bonchev–Trinajstić information content (AvgIpc) is 2.91. The second kappa shape index (κ2) is 7.65. The minimum Gasteiger partial charge on any atom is -0.307 e. The van der Waals surface area contributed by atoms with Crippen molar-refractivity contribution in [2.45, 2.75) is 19.9 Å². The van der Waals surface area contributed by atoms with Gasteiger partial charge in [0, 0.05) is 16.8 Å². The number of carbonyl (C=O) groups is 1. The molecule has 1 heterocycles. The number of hydrogen-bond acceptors (Lipinski definition) is 4. The Morgan fingerprint density at radius 3 is 2.32 bits per heavy atom. The van der Waals surface area contributed by atoms with Gasteiger partial charge in [0.1, 0.15) is 5.82 Å². The third kappa shape index (κ3) is 3.61. The van der Waals surface area contributed by atoms with E-state index in [4.69, 9.17) is 27.7 Å². The first-order chi connectivity index (χ1) is 13.2. The van der Waals surface area contributed by atoms with E-state index in [2.05, 4.69) is 0 Å². The molecule has 0 saturated carbocycles. The molecule has 0 atom stereocenters. The van der Waals surface area contributed by atoms with Crippen LogP contribution < -0.4 is 16.3 Å². The first-order valence-corrected chi connectivity index (χ1v) is 8.86. The Morgan fingerprint density at radius 2 is 1.75 bits per heavy atom. The fraction of sp³-hybridized carbons (Fsp3) is 0.167. The minimum absolute atomic E-state index is 0.0224. The van der Waals surface area contributed by atoms with Crippen LogP contribution in [0.5, 0.6) is 0 Å². The fourth-order valence-electron chi connectivity index (χ4n) is 2.64. The van der Waals surface area contributed by atoms with Gasteiger partial charge in [-0.15, -0.1) is 0 Å². The van der Waals surface area contributed by atoms with Crippen LogP contribution in [-0.2, 0) is 0 Å². The number of amides is 1. The van der Waals surface area contributed by atoms with Crippen molar-refractivity contribution in [2.24, 2.45) is 0 Å². The van der Waals surface area contributed by atoms with E-state index in [0.717, 1.165) is 0 Å². The highest BCUT2D eigenvalue weighted by molar-refractivity contribution is 6.35. The van der Waals surface area contributed by atoms with Crippen LogP contribution in [0.2, 0.25) is 10.0 Å². The Bertz CT molecular complexity index is 1150. The van der Waals surface area contributed by atoms with Crippen LogP contribution in [0, 0.1) is 5.82 Å². The van der Waals surface area contributed by atoms with E-state index in [1.54, 1.807) is 13.8 Å². The number of hydrogen-bond donors (Lipinski definition) is 0. The number of nitrogens with zero attached hydrogens (tertiary/aromatic N) is 3. The SMILES string of the molecule is CC(C)N(C(=O)n1oc(=O)n(-c2ccc(Cl)cc2Cl)c1=O)c1ccc(F)cc1. The van der Waals surface area contributed by atoms with Gasteiger partial charge in [-0.1, -0.05) is 27.9 Å². The zero-order chi connectivity index (χ0) is 20.6. The van der Waals surface area contributed by atoms with Crippen LogP contribution in [-0.4, -0.2) is 21.4 Å². The minimum atomic E-state index is -1.09. The highest BCUT2D eigenvalue weighted by atomic mass is 35.5. The molecule has 0 unspecified atom stereocenters. The van der Waals surface area contributed by atoms with Crippen molar-refractivity contribution in [3.63, 3.8) is 0 Å². The van der Waals surface area contributed by atoms with Crippen molar-refractivity contribution in [3.8, 4) is 5.69 Å². The molecule has 0 spiro atoms. The summed E-state index contributed by atoms with van der Waals surface area (Å²) in [4.78, 5) is 39.1. The molecule has 3 rings (SSSR count). The van der Waals surface area contributed by atoms with Gasteiger partial charge in [0.05, 0.1) is 10.7 Å². The predicted molar refractivity (Wildman–Crippen MR) is 103 cm³/mol. The molecular formula is C18H14Cl2FN3O4. The standard InChI is InChI=1S/C18H14Cl2FN3O4/c1-10(2)22(13-6-4-12(21)5-7-13)16(25)24-17(26)23(18(27)28-24)15-8-3-11(19)9-14(15)20/h3-10H,1-2H3. The molecule has 0 aliphatic heterocycles. The summed E-state index contributed by atoms with van der Waals surface area (Å²) in [6.07, 6.45) is 0. The van der Waals surface area contributed by atoms with Crippen LogP contribution in [0.25, 0.3) is 5.69 Å².